The molecule has 48 heavy (non-hydrogen) atoms. The molecule has 0 atom stereocenters. The summed E-state index contributed by atoms with van der Waals surface area (Å²) >= 11 is 1.89. The van der Waals surface area contributed by atoms with Crippen LogP contribution in [0, 0.1) is 0 Å². The first-order chi connectivity index (χ1) is 23.6. The van der Waals surface area contributed by atoms with E-state index in [1.54, 1.807) is 0 Å². The Morgan fingerprint density at radius 1 is 0.521 bits per heavy atom. The summed E-state index contributed by atoms with van der Waals surface area (Å²) in [5.41, 5.74) is 13.5. The molecule has 11 rings (SSSR count). The van der Waals surface area contributed by atoms with Crippen molar-refractivity contribution in [3.05, 3.63) is 151 Å². The number of fused-ring (bicyclic) bond motifs is 12. The highest BCUT2D eigenvalue weighted by Gasteiger charge is 2.36. The molecule has 3 heterocycles. The van der Waals surface area contributed by atoms with Gasteiger partial charge in [-0.25, -0.2) is 0 Å². The van der Waals surface area contributed by atoms with Crippen LogP contribution in [-0.4, -0.2) is 4.57 Å². The van der Waals surface area contributed by atoms with Gasteiger partial charge in [0.25, 0.3) is 0 Å². The summed E-state index contributed by atoms with van der Waals surface area (Å²) in [6.07, 6.45) is 0. The molecule has 0 saturated carbocycles. The van der Waals surface area contributed by atoms with Gasteiger partial charge < -0.3 is 8.98 Å². The van der Waals surface area contributed by atoms with E-state index in [2.05, 4.69) is 146 Å². The molecule has 3 aromatic heterocycles. The molecule has 0 radical (unpaired) electrons. The highest BCUT2D eigenvalue weighted by atomic mass is 32.1. The SMILES string of the molecule is CC1(C)c2ccccc2-c2cc3c(cc21)c1ccccc1n3-c1cccc2sc3c(-c4ccc5oc6ccccc6c5c4)cccc3c12. The lowest BCUT2D eigenvalue weighted by molar-refractivity contribution is 0.661. The third-order valence-corrected chi connectivity index (χ3v) is 12.0. The topological polar surface area (TPSA) is 18.1 Å². The molecule has 2 nitrogen and oxygen atoms in total. The predicted molar refractivity (Wildman–Crippen MR) is 204 cm³/mol. The fourth-order valence-corrected chi connectivity index (χ4v) is 9.82. The number of hydrogen-bond donors (Lipinski definition) is 0. The monoisotopic (exact) mass is 631 g/mol. The van der Waals surface area contributed by atoms with Gasteiger partial charge in [0.1, 0.15) is 11.2 Å². The number of rotatable bonds is 2. The Morgan fingerprint density at radius 2 is 1.27 bits per heavy atom. The summed E-state index contributed by atoms with van der Waals surface area (Å²) in [7, 11) is 0. The molecule has 0 unspecified atom stereocenters. The molecule has 10 aromatic rings. The highest BCUT2D eigenvalue weighted by molar-refractivity contribution is 7.26. The van der Waals surface area contributed by atoms with Crippen molar-refractivity contribution in [2.24, 2.45) is 0 Å². The Morgan fingerprint density at radius 3 is 2.21 bits per heavy atom. The first kappa shape index (κ1) is 26.4. The van der Waals surface area contributed by atoms with E-state index in [0.717, 1.165) is 21.9 Å². The minimum absolute atomic E-state index is 0.0466. The van der Waals surface area contributed by atoms with Gasteiger partial charge in [-0.1, -0.05) is 105 Å². The number of aromatic nitrogens is 1. The van der Waals surface area contributed by atoms with E-state index in [0.29, 0.717) is 0 Å². The Bertz CT molecular complexity index is 2990. The van der Waals surface area contributed by atoms with E-state index in [9.17, 15) is 0 Å². The van der Waals surface area contributed by atoms with Crippen LogP contribution in [0.2, 0.25) is 0 Å². The highest BCUT2D eigenvalue weighted by Crippen LogP contribution is 2.51. The van der Waals surface area contributed by atoms with Crippen molar-refractivity contribution in [2.45, 2.75) is 19.3 Å². The third kappa shape index (κ3) is 3.36. The average molecular weight is 632 g/mol. The number of furan rings is 1. The summed E-state index contributed by atoms with van der Waals surface area (Å²) in [6.45, 7) is 4.73. The molecule has 0 amide bonds. The Labute approximate surface area is 281 Å². The Balaban J connectivity index is 1.20. The largest absolute Gasteiger partial charge is 0.456 e. The minimum Gasteiger partial charge on any atom is -0.456 e. The maximum atomic E-state index is 6.16. The molecular weight excluding hydrogens is 603 g/mol. The second-order valence-corrected chi connectivity index (χ2v) is 14.7. The maximum Gasteiger partial charge on any atom is 0.135 e. The zero-order valence-electron chi connectivity index (χ0n) is 26.5. The van der Waals surface area contributed by atoms with Crippen molar-refractivity contribution in [2.75, 3.05) is 0 Å². The number of thiophene rings is 1. The second-order valence-electron chi connectivity index (χ2n) is 13.7. The van der Waals surface area contributed by atoms with Crippen molar-refractivity contribution in [1.82, 2.24) is 4.57 Å². The van der Waals surface area contributed by atoms with Gasteiger partial charge in [-0.05, 0) is 81.9 Å². The number of benzene rings is 7. The molecule has 3 heteroatoms. The Hall–Kier alpha value is -5.64. The fraction of sp³-hybridized carbons (Fsp3) is 0.0667. The molecule has 0 spiro atoms. The molecule has 0 saturated heterocycles. The minimum atomic E-state index is -0.0466. The zero-order valence-corrected chi connectivity index (χ0v) is 27.4. The zero-order chi connectivity index (χ0) is 31.7. The fourth-order valence-electron chi connectivity index (χ4n) is 8.56. The number of hydrogen-bond acceptors (Lipinski definition) is 2. The van der Waals surface area contributed by atoms with Crippen LogP contribution in [0.3, 0.4) is 0 Å². The van der Waals surface area contributed by atoms with Gasteiger partial charge in [0.15, 0.2) is 0 Å². The molecule has 1 aliphatic carbocycles. The van der Waals surface area contributed by atoms with Crippen molar-refractivity contribution in [3.63, 3.8) is 0 Å². The van der Waals surface area contributed by atoms with E-state index in [1.165, 1.54) is 81.0 Å². The molecular formula is C45H29NOS. The van der Waals surface area contributed by atoms with Crippen LogP contribution >= 0.6 is 11.3 Å². The van der Waals surface area contributed by atoms with E-state index >= 15 is 0 Å². The summed E-state index contributed by atoms with van der Waals surface area (Å²) in [4.78, 5) is 0. The quantitative estimate of drug-likeness (QED) is 0.186. The van der Waals surface area contributed by atoms with Crippen LogP contribution in [0.4, 0.5) is 0 Å². The Kier molecular flexibility index (Phi) is 5.09. The number of para-hydroxylation sites is 2. The van der Waals surface area contributed by atoms with Gasteiger partial charge in [0.05, 0.1) is 16.7 Å². The lowest BCUT2D eigenvalue weighted by Gasteiger charge is -2.21. The summed E-state index contributed by atoms with van der Waals surface area (Å²) in [5, 5.41) is 7.51. The predicted octanol–water partition coefficient (Wildman–Crippen LogP) is 13.0. The molecule has 0 bridgehead atoms. The van der Waals surface area contributed by atoms with Crippen LogP contribution in [0.15, 0.2) is 144 Å². The van der Waals surface area contributed by atoms with Crippen LogP contribution < -0.4 is 0 Å². The third-order valence-electron chi connectivity index (χ3n) is 10.8. The molecule has 0 fully saturated rings. The maximum absolute atomic E-state index is 6.16. The molecule has 226 valence electrons. The average Bonchev–Trinajstić information content (AvgIpc) is 3.84. The van der Waals surface area contributed by atoms with Gasteiger partial charge in [0.2, 0.25) is 0 Å². The molecule has 7 aromatic carbocycles. The van der Waals surface area contributed by atoms with Crippen molar-refractivity contribution < 1.29 is 4.42 Å². The van der Waals surface area contributed by atoms with Crippen LogP contribution in [0.25, 0.3) is 91.9 Å². The van der Waals surface area contributed by atoms with Gasteiger partial charge in [-0.2, -0.15) is 0 Å². The first-order valence-corrected chi connectivity index (χ1v) is 17.4. The van der Waals surface area contributed by atoms with Crippen LogP contribution in [0.5, 0.6) is 0 Å². The van der Waals surface area contributed by atoms with Crippen molar-refractivity contribution in [1.29, 1.82) is 0 Å². The standard InChI is InChI=1S/C45H29NOS/c1-45(2)35-16-6-3-11-28(35)32-25-39-33(24-36(32)45)29-12-4-7-17-37(29)46(39)38-18-10-20-42-43(38)31-15-9-14-27(44(31)48-42)26-21-22-41-34(23-26)30-13-5-8-19-40(30)47-41/h3-25H,1-2H3. The lowest BCUT2D eigenvalue weighted by atomic mass is 9.82. The van der Waals surface area contributed by atoms with E-state index < -0.39 is 0 Å². The van der Waals surface area contributed by atoms with Crippen LogP contribution in [0.1, 0.15) is 25.0 Å². The van der Waals surface area contributed by atoms with Crippen molar-refractivity contribution >= 4 is 75.3 Å². The normalized spacial score (nSPS) is 13.8. The van der Waals surface area contributed by atoms with Gasteiger partial charge in [-0.15, -0.1) is 11.3 Å². The molecule has 1 aliphatic rings. The van der Waals surface area contributed by atoms with E-state index in [1.807, 2.05) is 23.5 Å². The van der Waals surface area contributed by atoms with E-state index in [4.69, 9.17) is 4.42 Å². The lowest BCUT2D eigenvalue weighted by Crippen LogP contribution is -2.14. The van der Waals surface area contributed by atoms with Gasteiger partial charge in [0, 0.05) is 47.1 Å². The first-order valence-electron chi connectivity index (χ1n) is 16.6. The summed E-state index contributed by atoms with van der Waals surface area (Å²) in [6, 6.07) is 51.3. The smallest absolute Gasteiger partial charge is 0.135 e. The summed E-state index contributed by atoms with van der Waals surface area (Å²) < 4.78 is 11.3. The van der Waals surface area contributed by atoms with E-state index in [-0.39, 0.29) is 5.41 Å². The van der Waals surface area contributed by atoms with Gasteiger partial charge in [-0.3, -0.25) is 0 Å². The summed E-state index contributed by atoms with van der Waals surface area (Å²) in [5.74, 6) is 0. The van der Waals surface area contributed by atoms with Crippen LogP contribution in [-0.2, 0) is 5.41 Å². The second kappa shape index (κ2) is 9.25. The number of nitrogens with zero attached hydrogens (tertiary/aromatic N) is 1. The van der Waals surface area contributed by atoms with Gasteiger partial charge >= 0.3 is 0 Å². The molecule has 0 N–H and O–H groups in total. The van der Waals surface area contributed by atoms with Crippen molar-refractivity contribution in [3.8, 4) is 27.9 Å². The molecule has 0 aliphatic heterocycles.